The summed E-state index contributed by atoms with van der Waals surface area (Å²) < 4.78 is 5.59. The zero-order valence-corrected chi connectivity index (χ0v) is 15.1. The second-order valence-corrected chi connectivity index (χ2v) is 7.36. The van der Waals surface area contributed by atoms with Gasteiger partial charge in [-0.2, -0.15) is 0 Å². The van der Waals surface area contributed by atoms with Crippen molar-refractivity contribution in [2.75, 3.05) is 40.0 Å². The summed E-state index contributed by atoms with van der Waals surface area (Å²) in [6.45, 7) is 4.37. The summed E-state index contributed by atoms with van der Waals surface area (Å²) in [6, 6.07) is 6.06. The average Bonchev–Trinajstić information content (AvgIpc) is 3.13. The maximum atomic E-state index is 10.1. The monoisotopic (exact) mass is 350 g/mol. The van der Waals surface area contributed by atoms with Crippen molar-refractivity contribution in [2.45, 2.75) is 31.5 Å². The summed E-state index contributed by atoms with van der Waals surface area (Å²) in [6.07, 6.45) is 0.541. The van der Waals surface area contributed by atoms with Crippen LogP contribution >= 0.6 is 0 Å². The molecule has 2 aliphatic rings. The Balaban J connectivity index is 1.94. The van der Waals surface area contributed by atoms with Crippen LogP contribution < -0.4 is 10.1 Å². The maximum Gasteiger partial charge on any atom is 0.124 e. The molecule has 0 amide bonds. The third-order valence-electron chi connectivity index (χ3n) is 5.88. The molecule has 2 saturated heterocycles. The standard InChI is InChI=1S/C19H30N2O4/c1-3-25-17-5-4-13(8-14(17)11-23)18-15-9-21(2)10-16(15)19(12-24,20-18)6-7-22/h4-5,8,15-16,18,20,22-24H,3,6-7,9-12H2,1-2H3/t15-,16+,18-,19+/m0/s1. The first kappa shape index (κ1) is 18.6. The number of aliphatic hydroxyl groups excluding tert-OH is 3. The van der Waals surface area contributed by atoms with Gasteiger partial charge in [0.1, 0.15) is 5.75 Å². The van der Waals surface area contributed by atoms with Crippen molar-refractivity contribution in [3.05, 3.63) is 29.3 Å². The van der Waals surface area contributed by atoms with E-state index in [1.54, 1.807) is 0 Å². The van der Waals surface area contributed by atoms with Gasteiger partial charge in [-0.15, -0.1) is 0 Å². The molecule has 140 valence electrons. The lowest BCUT2D eigenvalue weighted by Gasteiger charge is -2.33. The van der Waals surface area contributed by atoms with Gasteiger partial charge in [0.25, 0.3) is 0 Å². The molecular weight excluding hydrogens is 320 g/mol. The minimum Gasteiger partial charge on any atom is -0.494 e. The zero-order chi connectivity index (χ0) is 18.0. The van der Waals surface area contributed by atoms with Gasteiger partial charge in [0.15, 0.2) is 0 Å². The van der Waals surface area contributed by atoms with E-state index in [1.807, 2.05) is 25.1 Å². The fourth-order valence-corrected chi connectivity index (χ4v) is 4.72. The lowest BCUT2D eigenvalue weighted by Crippen LogP contribution is -2.51. The normalized spacial score (nSPS) is 32.1. The Kier molecular flexibility index (Phi) is 5.65. The van der Waals surface area contributed by atoms with Gasteiger partial charge in [-0.05, 0) is 49.9 Å². The summed E-state index contributed by atoms with van der Waals surface area (Å²) in [5, 5.41) is 33.0. The highest BCUT2D eigenvalue weighted by Gasteiger charge is 2.55. The summed E-state index contributed by atoms with van der Waals surface area (Å²) in [7, 11) is 2.10. The number of nitrogens with zero attached hydrogens (tertiary/aromatic N) is 1. The molecule has 6 nitrogen and oxygen atoms in total. The lowest BCUT2D eigenvalue weighted by atomic mass is 9.79. The molecule has 3 rings (SSSR count). The van der Waals surface area contributed by atoms with Gasteiger partial charge in [0.05, 0.1) is 19.8 Å². The van der Waals surface area contributed by atoms with Crippen molar-refractivity contribution in [2.24, 2.45) is 11.8 Å². The first-order chi connectivity index (χ1) is 12.1. The molecule has 2 aliphatic heterocycles. The molecular formula is C19H30N2O4. The molecule has 4 N–H and O–H groups in total. The molecule has 0 unspecified atom stereocenters. The smallest absolute Gasteiger partial charge is 0.124 e. The van der Waals surface area contributed by atoms with Crippen molar-refractivity contribution < 1.29 is 20.1 Å². The number of likely N-dealkylation sites (tertiary alicyclic amines) is 1. The molecule has 4 atom stereocenters. The maximum absolute atomic E-state index is 10.1. The van der Waals surface area contributed by atoms with E-state index in [2.05, 4.69) is 17.3 Å². The van der Waals surface area contributed by atoms with Crippen LogP contribution in [0.4, 0.5) is 0 Å². The lowest BCUT2D eigenvalue weighted by molar-refractivity contribution is 0.0993. The molecule has 0 aromatic heterocycles. The van der Waals surface area contributed by atoms with Crippen LogP contribution in [-0.4, -0.2) is 65.7 Å². The van der Waals surface area contributed by atoms with E-state index < -0.39 is 5.54 Å². The van der Waals surface area contributed by atoms with E-state index in [0.29, 0.717) is 24.9 Å². The Bertz CT molecular complexity index is 597. The fourth-order valence-electron chi connectivity index (χ4n) is 4.72. The first-order valence-corrected chi connectivity index (χ1v) is 9.13. The number of rotatable bonds is 7. The summed E-state index contributed by atoms with van der Waals surface area (Å²) in [5.74, 6) is 1.38. The van der Waals surface area contributed by atoms with E-state index in [1.165, 1.54) is 0 Å². The molecule has 2 fully saturated rings. The minimum atomic E-state index is -0.452. The molecule has 0 aliphatic carbocycles. The van der Waals surface area contributed by atoms with E-state index >= 15 is 0 Å². The van der Waals surface area contributed by atoms with E-state index in [0.717, 1.165) is 30.0 Å². The van der Waals surface area contributed by atoms with Gasteiger partial charge in [0, 0.05) is 36.8 Å². The topological polar surface area (TPSA) is 85.2 Å². The molecule has 1 aromatic carbocycles. The van der Waals surface area contributed by atoms with Gasteiger partial charge in [-0.1, -0.05) is 6.07 Å². The van der Waals surface area contributed by atoms with Crippen LogP contribution in [0.5, 0.6) is 5.75 Å². The third kappa shape index (κ3) is 3.29. The van der Waals surface area contributed by atoms with E-state index in [-0.39, 0.29) is 25.9 Å². The second-order valence-electron chi connectivity index (χ2n) is 7.36. The number of hydrogen-bond acceptors (Lipinski definition) is 6. The molecule has 25 heavy (non-hydrogen) atoms. The van der Waals surface area contributed by atoms with Crippen LogP contribution in [0.15, 0.2) is 18.2 Å². The Morgan fingerprint density at radius 2 is 2.08 bits per heavy atom. The minimum absolute atomic E-state index is 0.0168. The first-order valence-electron chi connectivity index (χ1n) is 9.13. The molecule has 0 spiro atoms. The van der Waals surface area contributed by atoms with Gasteiger partial charge in [-0.25, -0.2) is 0 Å². The van der Waals surface area contributed by atoms with Crippen LogP contribution in [0.3, 0.4) is 0 Å². The highest BCUT2D eigenvalue weighted by molar-refractivity contribution is 5.39. The quantitative estimate of drug-likeness (QED) is 0.574. The third-order valence-corrected chi connectivity index (χ3v) is 5.88. The zero-order valence-electron chi connectivity index (χ0n) is 15.1. The van der Waals surface area contributed by atoms with E-state index in [4.69, 9.17) is 4.74 Å². The fraction of sp³-hybridized carbons (Fsp3) is 0.684. The van der Waals surface area contributed by atoms with Crippen molar-refractivity contribution in [3.8, 4) is 5.75 Å². The van der Waals surface area contributed by atoms with Gasteiger partial charge < -0.3 is 30.3 Å². The second kappa shape index (κ2) is 7.60. The predicted octanol–water partition coefficient (Wildman–Crippen LogP) is 0.513. The van der Waals surface area contributed by atoms with Gasteiger partial charge in [0.2, 0.25) is 0 Å². The molecule has 2 heterocycles. The van der Waals surface area contributed by atoms with Crippen molar-refractivity contribution in [1.82, 2.24) is 10.2 Å². The van der Waals surface area contributed by atoms with Crippen LogP contribution in [-0.2, 0) is 6.61 Å². The van der Waals surface area contributed by atoms with Crippen molar-refractivity contribution in [1.29, 1.82) is 0 Å². The number of fused-ring (bicyclic) bond motifs is 1. The number of hydrogen-bond donors (Lipinski definition) is 4. The summed E-state index contributed by atoms with van der Waals surface area (Å²) in [4.78, 5) is 2.30. The number of ether oxygens (including phenoxy) is 1. The summed E-state index contributed by atoms with van der Waals surface area (Å²) in [5.41, 5.74) is 1.44. The summed E-state index contributed by atoms with van der Waals surface area (Å²) >= 11 is 0. The number of benzene rings is 1. The van der Waals surface area contributed by atoms with Crippen molar-refractivity contribution >= 4 is 0 Å². The predicted molar refractivity (Wildman–Crippen MR) is 95.4 cm³/mol. The average molecular weight is 350 g/mol. The van der Waals surface area contributed by atoms with Gasteiger partial charge in [-0.3, -0.25) is 0 Å². The Morgan fingerprint density at radius 3 is 2.72 bits per heavy atom. The van der Waals surface area contributed by atoms with Crippen molar-refractivity contribution in [3.63, 3.8) is 0 Å². The van der Waals surface area contributed by atoms with Crippen LogP contribution in [0.2, 0.25) is 0 Å². The molecule has 0 saturated carbocycles. The Hall–Kier alpha value is -1.18. The largest absolute Gasteiger partial charge is 0.494 e. The number of aliphatic hydroxyl groups is 3. The van der Waals surface area contributed by atoms with Crippen LogP contribution in [0.1, 0.15) is 30.5 Å². The highest BCUT2D eigenvalue weighted by Crippen LogP contribution is 2.48. The Labute approximate surface area is 149 Å². The molecule has 0 radical (unpaired) electrons. The highest BCUT2D eigenvalue weighted by atomic mass is 16.5. The molecule has 0 bridgehead atoms. The Morgan fingerprint density at radius 1 is 1.28 bits per heavy atom. The molecule has 1 aromatic rings. The van der Waals surface area contributed by atoms with Crippen LogP contribution in [0, 0.1) is 11.8 Å². The SMILES string of the molecule is CCOc1ccc([C@@H]2N[C@@](CO)(CCO)[C@@H]3CN(C)C[C@@H]32)cc1CO. The van der Waals surface area contributed by atoms with Crippen LogP contribution in [0.25, 0.3) is 0 Å². The number of nitrogens with one attached hydrogen (secondary N) is 1. The van der Waals surface area contributed by atoms with Gasteiger partial charge >= 0.3 is 0 Å². The van der Waals surface area contributed by atoms with E-state index in [9.17, 15) is 15.3 Å². The molecule has 6 heteroatoms.